The molecule has 0 atom stereocenters. The van der Waals surface area contributed by atoms with E-state index in [-0.39, 0.29) is 5.41 Å². The first-order valence-corrected chi connectivity index (χ1v) is 6.45. The Morgan fingerprint density at radius 3 is 1.47 bits per heavy atom. The summed E-state index contributed by atoms with van der Waals surface area (Å²) >= 11 is 5.71. The molecule has 92 valence electrons. The van der Waals surface area contributed by atoms with E-state index in [0.717, 1.165) is 32.1 Å². The Bertz CT molecular complexity index is 273. The molecule has 0 spiro atoms. The van der Waals surface area contributed by atoms with Gasteiger partial charge in [0.05, 0.1) is 18.2 Å². The molecule has 4 heteroatoms. The van der Waals surface area contributed by atoms with Crippen LogP contribution in [-0.2, 0) is 0 Å². The van der Waals surface area contributed by atoms with Gasteiger partial charge < -0.3 is 0 Å². The monoisotopic (exact) mass is 251 g/mol. The minimum Gasteiger partial charge on any atom is -0.198 e. The van der Waals surface area contributed by atoms with Gasteiger partial charge in [-0.25, -0.2) is 0 Å². The Hall–Kier alpha value is -1.24. The fourth-order valence-electron chi connectivity index (χ4n) is 2.16. The normalized spacial score (nSPS) is 10.2. The van der Waals surface area contributed by atoms with Gasteiger partial charge in [0.15, 0.2) is 0 Å². The van der Waals surface area contributed by atoms with E-state index >= 15 is 0 Å². The van der Waals surface area contributed by atoms with Crippen LogP contribution in [-0.4, -0.2) is 5.88 Å². The number of halogens is 1. The van der Waals surface area contributed by atoms with Gasteiger partial charge in [-0.15, -0.1) is 11.6 Å². The summed E-state index contributed by atoms with van der Waals surface area (Å²) in [7, 11) is 0. The van der Waals surface area contributed by atoms with Gasteiger partial charge in [0.2, 0.25) is 0 Å². The van der Waals surface area contributed by atoms with Crippen LogP contribution in [0.2, 0.25) is 0 Å². The second kappa shape index (κ2) is 9.95. The van der Waals surface area contributed by atoms with Crippen molar-refractivity contribution in [3.05, 3.63) is 0 Å². The van der Waals surface area contributed by atoms with Crippen LogP contribution < -0.4 is 0 Å². The summed E-state index contributed by atoms with van der Waals surface area (Å²) in [4.78, 5) is 0. The minimum atomic E-state index is -0.0456. The Morgan fingerprint density at radius 2 is 1.18 bits per heavy atom. The molecule has 17 heavy (non-hydrogen) atoms. The molecule has 0 amide bonds. The highest BCUT2D eigenvalue weighted by molar-refractivity contribution is 6.17. The zero-order valence-electron chi connectivity index (χ0n) is 10.1. The molecule has 0 unspecified atom stereocenters. The second-order valence-electron chi connectivity index (χ2n) is 4.27. The molecule has 0 aromatic rings. The molecular weight excluding hydrogens is 234 g/mol. The van der Waals surface area contributed by atoms with Crippen molar-refractivity contribution in [2.24, 2.45) is 5.41 Å². The first kappa shape index (κ1) is 15.8. The maximum Gasteiger partial charge on any atom is 0.0621 e. The summed E-state index contributed by atoms with van der Waals surface area (Å²) < 4.78 is 0. The van der Waals surface area contributed by atoms with E-state index < -0.39 is 0 Å². The van der Waals surface area contributed by atoms with Gasteiger partial charge >= 0.3 is 0 Å². The topological polar surface area (TPSA) is 71.4 Å². The number of alkyl halides is 1. The van der Waals surface area contributed by atoms with Crippen LogP contribution in [0.3, 0.4) is 0 Å². The lowest BCUT2D eigenvalue weighted by molar-refractivity contribution is 0.204. The average Bonchev–Trinajstić information content (AvgIpc) is 2.37. The van der Waals surface area contributed by atoms with E-state index in [0.29, 0.717) is 25.1 Å². The number of hydrogen-bond acceptors (Lipinski definition) is 3. The first-order chi connectivity index (χ1) is 8.24. The molecule has 0 rings (SSSR count). The van der Waals surface area contributed by atoms with Crippen molar-refractivity contribution in [3.8, 4) is 18.2 Å². The predicted octanol–water partition coefficient (Wildman–Crippen LogP) is 3.90. The fourth-order valence-corrected chi connectivity index (χ4v) is 2.29. The number of hydrogen-bond donors (Lipinski definition) is 0. The van der Waals surface area contributed by atoms with Crippen molar-refractivity contribution in [2.75, 3.05) is 5.88 Å². The summed E-state index contributed by atoms with van der Waals surface area (Å²) in [5.74, 6) is 0.591. The Labute approximate surface area is 109 Å². The van der Waals surface area contributed by atoms with Crippen molar-refractivity contribution in [1.29, 1.82) is 15.8 Å². The highest BCUT2D eigenvalue weighted by Crippen LogP contribution is 2.39. The van der Waals surface area contributed by atoms with Crippen molar-refractivity contribution in [2.45, 2.75) is 51.4 Å². The zero-order chi connectivity index (χ0) is 13.0. The highest BCUT2D eigenvalue weighted by atomic mass is 35.5. The van der Waals surface area contributed by atoms with Crippen LogP contribution >= 0.6 is 11.6 Å². The second-order valence-corrected chi connectivity index (χ2v) is 4.64. The molecule has 3 nitrogen and oxygen atoms in total. The predicted molar refractivity (Wildman–Crippen MR) is 66.9 cm³/mol. The van der Waals surface area contributed by atoms with E-state index in [9.17, 15) is 0 Å². The van der Waals surface area contributed by atoms with Crippen LogP contribution in [0.4, 0.5) is 0 Å². The third kappa shape index (κ3) is 6.83. The third-order valence-electron chi connectivity index (χ3n) is 3.14. The molecule has 0 aromatic heterocycles. The van der Waals surface area contributed by atoms with Crippen molar-refractivity contribution in [3.63, 3.8) is 0 Å². The lowest BCUT2D eigenvalue weighted by Gasteiger charge is -2.32. The van der Waals surface area contributed by atoms with Gasteiger partial charge in [0.1, 0.15) is 0 Å². The molecule has 0 aromatic carbocycles. The Balaban J connectivity index is 4.60. The molecule has 0 saturated carbocycles. The van der Waals surface area contributed by atoms with Crippen LogP contribution in [0.1, 0.15) is 51.4 Å². The van der Waals surface area contributed by atoms with Gasteiger partial charge in [-0.1, -0.05) is 0 Å². The van der Waals surface area contributed by atoms with E-state index in [1.54, 1.807) is 0 Å². The first-order valence-electron chi connectivity index (χ1n) is 5.91. The highest BCUT2D eigenvalue weighted by Gasteiger charge is 2.28. The van der Waals surface area contributed by atoms with E-state index in [1.165, 1.54) is 0 Å². The van der Waals surface area contributed by atoms with Crippen LogP contribution in [0.5, 0.6) is 0 Å². The van der Waals surface area contributed by atoms with Crippen LogP contribution in [0.25, 0.3) is 0 Å². The quantitative estimate of drug-likeness (QED) is 0.584. The molecular formula is C13H18ClN3. The van der Waals surface area contributed by atoms with Crippen LogP contribution in [0.15, 0.2) is 0 Å². The van der Waals surface area contributed by atoms with Gasteiger partial charge in [-0.3, -0.25) is 0 Å². The summed E-state index contributed by atoms with van der Waals surface area (Å²) in [6, 6.07) is 6.46. The van der Waals surface area contributed by atoms with Crippen molar-refractivity contribution in [1.82, 2.24) is 0 Å². The standard InChI is InChI=1S/C13H18ClN3/c14-9-1-5-13(6-2-10-15,7-3-11-16)8-4-12-17/h1-9H2. The Morgan fingerprint density at radius 1 is 0.765 bits per heavy atom. The Kier molecular flexibility index (Phi) is 9.22. The molecule has 0 bridgehead atoms. The van der Waals surface area contributed by atoms with Crippen molar-refractivity contribution >= 4 is 11.6 Å². The number of rotatable bonds is 9. The minimum absolute atomic E-state index is 0.0456. The number of nitrogens with zero attached hydrogens (tertiary/aromatic N) is 3. The summed E-state index contributed by atoms with van der Waals surface area (Å²) in [6.07, 6.45) is 5.54. The van der Waals surface area contributed by atoms with E-state index in [1.807, 2.05) is 0 Å². The molecule has 0 radical (unpaired) electrons. The van der Waals surface area contributed by atoms with Crippen LogP contribution in [0, 0.1) is 39.4 Å². The molecule has 0 N–H and O–H groups in total. The molecule has 0 aliphatic carbocycles. The molecule has 0 saturated heterocycles. The largest absolute Gasteiger partial charge is 0.198 e. The maximum absolute atomic E-state index is 8.70. The fraction of sp³-hybridized carbons (Fsp3) is 0.769. The molecule has 0 aliphatic heterocycles. The summed E-state index contributed by atoms with van der Waals surface area (Å²) in [5, 5.41) is 26.1. The van der Waals surface area contributed by atoms with Crippen molar-refractivity contribution < 1.29 is 0 Å². The molecule has 0 fully saturated rings. The SMILES string of the molecule is N#CCCC(CCC#N)(CCC#N)CCCCl. The zero-order valence-corrected chi connectivity index (χ0v) is 10.8. The smallest absolute Gasteiger partial charge is 0.0621 e. The van der Waals surface area contributed by atoms with E-state index in [2.05, 4.69) is 18.2 Å². The molecule has 0 heterocycles. The van der Waals surface area contributed by atoms with Gasteiger partial charge in [0.25, 0.3) is 0 Å². The number of nitriles is 3. The van der Waals surface area contributed by atoms with Gasteiger partial charge in [-0.05, 0) is 37.5 Å². The lowest BCUT2D eigenvalue weighted by atomic mass is 9.72. The molecule has 0 aliphatic rings. The summed E-state index contributed by atoms with van der Waals surface area (Å²) in [5.41, 5.74) is -0.0456. The summed E-state index contributed by atoms with van der Waals surface area (Å²) in [6.45, 7) is 0. The lowest BCUT2D eigenvalue weighted by Crippen LogP contribution is -2.21. The van der Waals surface area contributed by atoms with Gasteiger partial charge in [-0.2, -0.15) is 15.8 Å². The average molecular weight is 252 g/mol. The van der Waals surface area contributed by atoms with Gasteiger partial charge in [0, 0.05) is 25.1 Å². The third-order valence-corrected chi connectivity index (χ3v) is 3.41. The maximum atomic E-state index is 8.70. The van der Waals surface area contributed by atoms with E-state index in [4.69, 9.17) is 27.4 Å².